The van der Waals surface area contributed by atoms with Crippen molar-refractivity contribution in [3.63, 3.8) is 0 Å². The number of halogens is 1. The van der Waals surface area contributed by atoms with E-state index in [-0.39, 0.29) is 5.69 Å². The van der Waals surface area contributed by atoms with Gasteiger partial charge in [0.15, 0.2) is 5.75 Å². The van der Waals surface area contributed by atoms with Gasteiger partial charge in [-0.2, -0.15) is 4.39 Å². The molecule has 0 saturated carbocycles. The maximum atomic E-state index is 13.1. The molecule has 0 fully saturated rings. The lowest BCUT2D eigenvalue weighted by atomic mass is 10.2. The highest BCUT2D eigenvalue weighted by Crippen LogP contribution is 2.32. The molecule has 6 heteroatoms. The lowest BCUT2D eigenvalue weighted by Gasteiger charge is -2.02. The first-order valence-corrected chi connectivity index (χ1v) is 3.41. The van der Waals surface area contributed by atoms with Crippen LogP contribution in [0.1, 0.15) is 0 Å². The van der Waals surface area contributed by atoms with Crippen LogP contribution in [0.25, 0.3) is 0 Å². The van der Waals surface area contributed by atoms with Gasteiger partial charge in [0.1, 0.15) is 0 Å². The van der Waals surface area contributed by atoms with Gasteiger partial charge in [0.05, 0.1) is 10.6 Å². The lowest BCUT2D eigenvalue weighted by molar-refractivity contribution is -0.388. The van der Waals surface area contributed by atoms with Crippen molar-refractivity contribution in [3.05, 3.63) is 28.1 Å². The van der Waals surface area contributed by atoms with Crippen molar-refractivity contribution in [3.8, 4) is 5.75 Å². The van der Waals surface area contributed by atoms with Gasteiger partial charge >= 0.3 is 5.69 Å². The van der Waals surface area contributed by atoms with Crippen LogP contribution in [0.5, 0.6) is 5.75 Å². The number of nitro groups is 1. The molecule has 70 valence electrons. The molecule has 0 atom stereocenters. The van der Waals surface area contributed by atoms with Gasteiger partial charge < -0.3 is 10.4 Å². The zero-order chi connectivity index (χ0) is 10.0. The van der Waals surface area contributed by atoms with Crippen molar-refractivity contribution < 1.29 is 14.4 Å². The second kappa shape index (κ2) is 3.26. The number of phenolic OH excluding ortho intramolecular Hbond substituents is 1. The molecule has 0 saturated heterocycles. The summed E-state index contributed by atoms with van der Waals surface area (Å²) in [5, 5.41) is 21.7. The highest BCUT2D eigenvalue weighted by atomic mass is 19.1. The van der Waals surface area contributed by atoms with E-state index in [0.717, 1.165) is 6.07 Å². The van der Waals surface area contributed by atoms with Crippen LogP contribution in [0.3, 0.4) is 0 Å². The van der Waals surface area contributed by atoms with E-state index in [9.17, 15) is 14.5 Å². The van der Waals surface area contributed by atoms with Crippen LogP contribution in [-0.2, 0) is 0 Å². The van der Waals surface area contributed by atoms with Gasteiger partial charge in [0.2, 0.25) is 5.82 Å². The van der Waals surface area contributed by atoms with Crippen LogP contribution in [-0.4, -0.2) is 17.1 Å². The molecule has 0 radical (unpaired) electrons. The monoisotopic (exact) mass is 186 g/mol. The summed E-state index contributed by atoms with van der Waals surface area (Å²) in [6.45, 7) is 0. The number of phenols is 1. The Morgan fingerprint density at radius 2 is 2.23 bits per heavy atom. The third kappa shape index (κ3) is 1.51. The second-order valence-electron chi connectivity index (χ2n) is 2.30. The Morgan fingerprint density at radius 3 is 2.69 bits per heavy atom. The Hall–Kier alpha value is -1.85. The molecule has 0 aromatic heterocycles. The fraction of sp³-hybridized carbons (Fsp3) is 0.143. The Labute approximate surface area is 73.0 Å². The van der Waals surface area contributed by atoms with E-state index >= 15 is 0 Å². The number of anilines is 1. The molecular formula is C7H7FN2O3. The largest absolute Gasteiger partial charge is 0.502 e. The van der Waals surface area contributed by atoms with Crippen molar-refractivity contribution in [2.24, 2.45) is 0 Å². The van der Waals surface area contributed by atoms with Crippen LogP contribution in [0, 0.1) is 15.9 Å². The number of nitrogens with one attached hydrogen (secondary N) is 1. The highest BCUT2D eigenvalue weighted by molar-refractivity contribution is 5.59. The molecule has 5 nitrogen and oxygen atoms in total. The minimum absolute atomic E-state index is 0.0236. The Kier molecular flexibility index (Phi) is 2.32. The van der Waals surface area contributed by atoms with Crippen molar-refractivity contribution in [2.75, 3.05) is 12.4 Å². The molecule has 1 aromatic rings. The van der Waals surface area contributed by atoms with Gasteiger partial charge in [-0.3, -0.25) is 10.1 Å². The Morgan fingerprint density at radius 1 is 1.62 bits per heavy atom. The average molecular weight is 186 g/mol. The minimum atomic E-state index is -1.06. The zero-order valence-corrected chi connectivity index (χ0v) is 6.74. The number of aromatic hydroxyl groups is 1. The second-order valence-corrected chi connectivity index (χ2v) is 2.30. The third-order valence-corrected chi connectivity index (χ3v) is 1.55. The van der Waals surface area contributed by atoms with E-state index in [4.69, 9.17) is 5.11 Å². The summed E-state index contributed by atoms with van der Waals surface area (Å²) in [5.74, 6) is -1.74. The number of benzene rings is 1. The molecular weight excluding hydrogens is 179 g/mol. The molecule has 2 N–H and O–H groups in total. The molecule has 13 heavy (non-hydrogen) atoms. The summed E-state index contributed by atoms with van der Waals surface area (Å²) >= 11 is 0. The maximum absolute atomic E-state index is 13.1. The first kappa shape index (κ1) is 9.24. The van der Waals surface area contributed by atoms with Crippen LogP contribution < -0.4 is 5.32 Å². The van der Waals surface area contributed by atoms with E-state index in [2.05, 4.69) is 5.32 Å². The van der Waals surface area contributed by atoms with E-state index in [0.29, 0.717) is 0 Å². The number of hydrogen-bond donors (Lipinski definition) is 2. The summed E-state index contributed by atoms with van der Waals surface area (Å²) in [6, 6.07) is 2.28. The van der Waals surface area contributed by atoms with Gasteiger partial charge in [-0.25, -0.2) is 0 Å². The molecule has 0 amide bonds. The van der Waals surface area contributed by atoms with Crippen molar-refractivity contribution >= 4 is 11.4 Å². The average Bonchev–Trinajstić information content (AvgIpc) is 2.04. The van der Waals surface area contributed by atoms with Gasteiger partial charge in [-0.15, -0.1) is 0 Å². The van der Waals surface area contributed by atoms with E-state index in [1.165, 1.54) is 13.1 Å². The van der Waals surface area contributed by atoms with Crippen LogP contribution >= 0.6 is 0 Å². The molecule has 0 unspecified atom stereocenters. The molecule has 0 spiro atoms. The maximum Gasteiger partial charge on any atom is 0.348 e. The van der Waals surface area contributed by atoms with Gasteiger partial charge in [0.25, 0.3) is 0 Å². The Balaban J connectivity index is 3.38. The predicted molar refractivity (Wildman–Crippen MR) is 44.3 cm³/mol. The number of nitro benzene ring substituents is 1. The summed E-state index contributed by atoms with van der Waals surface area (Å²) in [7, 11) is 1.43. The zero-order valence-electron chi connectivity index (χ0n) is 6.74. The van der Waals surface area contributed by atoms with Gasteiger partial charge in [-0.1, -0.05) is 0 Å². The highest BCUT2D eigenvalue weighted by Gasteiger charge is 2.22. The van der Waals surface area contributed by atoms with Crippen molar-refractivity contribution in [1.29, 1.82) is 0 Å². The summed E-state index contributed by atoms with van der Waals surface area (Å²) in [5.41, 5.74) is -0.934. The third-order valence-electron chi connectivity index (χ3n) is 1.55. The predicted octanol–water partition coefficient (Wildman–Crippen LogP) is 1.48. The first-order valence-electron chi connectivity index (χ1n) is 3.41. The Bertz CT molecular complexity index is 354. The molecule has 0 aliphatic carbocycles. The van der Waals surface area contributed by atoms with Gasteiger partial charge in [-0.05, 0) is 12.1 Å². The molecule has 1 rings (SSSR count). The van der Waals surface area contributed by atoms with E-state index in [1.54, 1.807) is 0 Å². The lowest BCUT2D eigenvalue weighted by Crippen LogP contribution is -1.98. The quantitative estimate of drug-likeness (QED) is 0.416. The summed E-state index contributed by atoms with van der Waals surface area (Å²) in [4.78, 5) is 9.32. The standard InChI is InChI=1S/C7H7FN2O3/c1-9-4-2-3-5(11)7(6(4)8)10(12)13/h2-3,9,11H,1H3. The normalized spacial score (nSPS) is 9.69. The molecule has 0 aliphatic rings. The topological polar surface area (TPSA) is 75.4 Å². The fourth-order valence-electron chi connectivity index (χ4n) is 0.921. The molecule has 0 aliphatic heterocycles. The van der Waals surface area contributed by atoms with Gasteiger partial charge in [0, 0.05) is 7.05 Å². The van der Waals surface area contributed by atoms with Crippen LogP contribution in [0.15, 0.2) is 12.1 Å². The summed E-state index contributed by atoms with van der Waals surface area (Å²) < 4.78 is 13.1. The van der Waals surface area contributed by atoms with Crippen LogP contribution in [0.2, 0.25) is 0 Å². The minimum Gasteiger partial charge on any atom is -0.502 e. The van der Waals surface area contributed by atoms with Crippen LogP contribution in [0.4, 0.5) is 15.8 Å². The number of rotatable bonds is 2. The molecule has 1 aromatic carbocycles. The molecule has 0 bridgehead atoms. The number of hydrogen-bond acceptors (Lipinski definition) is 4. The molecule has 0 heterocycles. The SMILES string of the molecule is CNc1ccc(O)c([N+](=O)[O-])c1F. The fourth-order valence-corrected chi connectivity index (χ4v) is 0.921. The summed E-state index contributed by atoms with van der Waals surface area (Å²) in [6.07, 6.45) is 0. The number of nitrogens with zero attached hydrogens (tertiary/aromatic N) is 1. The smallest absolute Gasteiger partial charge is 0.348 e. The van der Waals surface area contributed by atoms with Crippen molar-refractivity contribution in [2.45, 2.75) is 0 Å². The van der Waals surface area contributed by atoms with E-state index < -0.39 is 22.2 Å². The van der Waals surface area contributed by atoms with E-state index in [1.807, 2.05) is 0 Å². The first-order chi connectivity index (χ1) is 6.07. The van der Waals surface area contributed by atoms with Crippen molar-refractivity contribution in [1.82, 2.24) is 0 Å².